The van der Waals surface area contributed by atoms with Crippen molar-refractivity contribution in [2.45, 2.75) is 4.34 Å². The fourth-order valence-electron chi connectivity index (χ4n) is 0.717. The zero-order valence-corrected chi connectivity index (χ0v) is 11.5. The largest absolute Gasteiger partial charge is 0.344 e. The third kappa shape index (κ3) is 3.54. The van der Waals surface area contributed by atoms with E-state index in [1.165, 1.54) is 27.6 Å². The molecule has 0 aliphatic carbocycles. The van der Waals surface area contributed by atoms with E-state index >= 15 is 0 Å². The predicted molar refractivity (Wildman–Crippen MR) is 68.9 cm³/mol. The van der Waals surface area contributed by atoms with Crippen LogP contribution in [-0.4, -0.2) is 31.4 Å². The number of amides is 1. The lowest BCUT2D eigenvalue weighted by Gasteiger charge is -2.12. The third-order valence-corrected chi connectivity index (χ3v) is 5.31. The molecule has 1 aromatic heterocycles. The van der Waals surface area contributed by atoms with Gasteiger partial charge in [-0.05, 0) is 35.2 Å². The number of hydrogen-bond donors (Lipinski definition) is 0. The number of nitrogens with zero attached hydrogens (tertiary/aromatic N) is 3. The summed E-state index contributed by atoms with van der Waals surface area (Å²) in [4.78, 5) is 25.3. The van der Waals surface area contributed by atoms with Crippen LogP contribution >= 0.6 is 47.0 Å². The highest BCUT2D eigenvalue weighted by Gasteiger charge is 2.18. The van der Waals surface area contributed by atoms with Crippen LogP contribution in [0.3, 0.4) is 0 Å². The SMILES string of the molecule is CSN(SC)C(=O)Sc1ncc([N+](=O)[O-])s1. The van der Waals surface area contributed by atoms with Gasteiger partial charge in [-0.1, -0.05) is 0 Å². The van der Waals surface area contributed by atoms with E-state index in [-0.39, 0.29) is 10.2 Å². The highest BCUT2D eigenvalue weighted by molar-refractivity contribution is 8.20. The minimum Gasteiger partial charge on any atom is -0.259 e. The lowest BCUT2D eigenvalue weighted by atomic mass is 10.9. The van der Waals surface area contributed by atoms with Crippen molar-refractivity contribution >= 4 is 57.2 Å². The summed E-state index contributed by atoms with van der Waals surface area (Å²) in [5, 5.41) is 10.1. The van der Waals surface area contributed by atoms with Crippen molar-refractivity contribution in [3.05, 3.63) is 16.3 Å². The Kier molecular flexibility index (Phi) is 5.38. The van der Waals surface area contributed by atoms with E-state index < -0.39 is 4.92 Å². The Hall–Kier alpha value is -0.450. The second-order valence-electron chi connectivity index (χ2n) is 2.21. The normalized spacial score (nSPS) is 10.1. The molecule has 0 aliphatic rings. The molecule has 1 rings (SSSR count). The smallest absolute Gasteiger partial charge is 0.259 e. The molecule has 1 amide bonds. The summed E-state index contributed by atoms with van der Waals surface area (Å²) in [6.07, 6.45) is 4.71. The molecule has 0 radical (unpaired) electrons. The number of rotatable bonds is 4. The number of nitro groups is 1. The van der Waals surface area contributed by atoms with Crippen molar-refractivity contribution in [3.63, 3.8) is 0 Å². The van der Waals surface area contributed by atoms with E-state index in [1.54, 1.807) is 12.5 Å². The molecule has 0 aromatic carbocycles. The van der Waals surface area contributed by atoms with Gasteiger partial charge in [-0.25, -0.2) is 8.69 Å². The van der Waals surface area contributed by atoms with Crippen LogP contribution in [0.2, 0.25) is 0 Å². The van der Waals surface area contributed by atoms with Crippen LogP contribution in [0, 0.1) is 10.1 Å². The molecule has 0 saturated carbocycles. The molecule has 0 saturated heterocycles. The lowest BCUT2D eigenvalue weighted by Crippen LogP contribution is -2.09. The zero-order chi connectivity index (χ0) is 12.1. The maximum absolute atomic E-state index is 11.6. The van der Waals surface area contributed by atoms with Crippen molar-refractivity contribution < 1.29 is 9.72 Å². The Labute approximate surface area is 109 Å². The molecule has 0 unspecified atom stereocenters. The Balaban J connectivity index is 2.65. The van der Waals surface area contributed by atoms with Gasteiger partial charge in [0, 0.05) is 24.3 Å². The Morgan fingerprint density at radius 2 is 2.19 bits per heavy atom. The molecule has 1 heterocycles. The van der Waals surface area contributed by atoms with Crippen molar-refractivity contribution in [1.29, 1.82) is 0 Å². The molecular weight excluding hydrogens is 290 g/mol. The molecule has 0 spiro atoms. The highest BCUT2D eigenvalue weighted by Crippen LogP contribution is 2.33. The quantitative estimate of drug-likeness (QED) is 0.366. The third-order valence-electron chi connectivity index (χ3n) is 1.31. The molecule has 0 fully saturated rings. The van der Waals surface area contributed by atoms with Gasteiger partial charge in [0.2, 0.25) is 0 Å². The van der Waals surface area contributed by atoms with Crippen LogP contribution in [0.1, 0.15) is 0 Å². The Morgan fingerprint density at radius 1 is 1.56 bits per heavy atom. The summed E-state index contributed by atoms with van der Waals surface area (Å²) in [6.45, 7) is 0. The van der Waals surface area contributed by atoms with E-state index in [4.69, 9.17) is 0 Å². The van der Waals surface area contributed by atoms with Gasteiger partial charge in [0.25, 0.3) is 0 Å². The molecule has 6 nitrogen and oxygen atoms in total. The van der Waals surface area contributed by atoms with Crippen LogP contribution in [0.25, 0.3) is 0 Å². The van der Waals surface area contributed by atoms with Crippen molar-refractivity contribution in [2.75, 3.05) is 12.5 Å². The molecule has 1 aromatic rings. The summed E-state index contributed by atoms with van der Waals surface area (Å²) < 4.78 is 1.85. The number of thioether (sulfide) groups is 1. The molecule has 0 atom stereocenters. The monoisotopic (exact) mass is 297 g/mol. The summed E-state index contributed by atoms with van der Waals surface area (Å²) in [5.41, 5.74) is 0. The summed E-state index contributed by atoms with van der Waals surface area (Å²) >= 11 is 4.34. The van der Waals surface area contributed by atoms with Crippen LogP contribution in [0.4, 0.5) is 9.80 Å². The minimum absolute atomic E-state index is 0.0600. The van der Waals surface area contributed by atoms with E-state index in [0.717, 1.165) is 29.3 Å². The van der Waals surface area contributed by atoms with Crippen LogP contribution in [-0.2, 0) is 0 Å². The molecule has 16 heavy (non-hydrogen) atoms. The standard InChI is InChI=1S/C6H7N3O3S4/c1-13-9(14-2)6(10)16-5-7-3-4(15-5)8(11)12/h3H,1-2H3. The van der Waals surface area contributed by atoms with E-state index in [2.05, 4.69) is 4.98 Å². The number of carbonyl (C=O) groups excluding carboxylic acids is 1. The highest BCUT2D eigenvalue weighted by atomic mass is 32.2. The summed E-state index contributed by atoms with van der Waals surface area (Å²) in [5.74, 6) is 0. The van der Waals surface area contributed by atoms with Crippen LogP contribution in [0.15, 0.2) is 10.5 Å². The molecule has 10 heteroatoms. The lowest BCUT2D eigenvalue weighted by molar-refractivity contribution is -0.380. The molecular formula is C6H7N3O3S4. The second kappa shape index (κ2) is 6.33. The molecule has 0 N–H and O–H groups in total. The van der Waals surface area contributed by atoms with E-state index in [9.17, 15) is 14.9 Å². The van der Waals surface area contributed by atoms with Gasteiger partial charge in [-0.3, -0.25) is 14.9 Å². The van der Waals surface area contributed by atoms with Gasteiger partial charge < -0.3 is 0 Å². The fourth-order valence-corrected chi connectivity index (χ4v) is 3.71. The number of hydrogen-bond acceptors (Lipinski definition) is 8. The topological polar surface area (TPSA) is 76.3 Å². The molecule has 0 aliphatic heterocycles. The van der Waals surface area contributed by atoms with Crippen LogP contribution in [0.5, 0.6) is 0 Å². The first-order valence-electron chi connectivity index (χ1n) is 3.79. The maximum atomic E-state index is 11.6. The number of thiazole rings is 1. The van der Waals surface area contributed by atoms with Gasteiger partial charge in [0.1, 0.15) is 6.20 Å². The van der Waals surface area contributed by atoms with Gasteiger partial charge in [-0.2, -0.15) is 0 Å². The van der Waals surface area contributed by atoms with E-state index in [0.29, 0.717) is 4.34 Å². The fraction of sp³-hybridized carbons (Fsp3) is 0.333. The Morgan fingerprint density at radius 3 is 2.62 bits per heavy atom. The van der Waals surface area contributed by atoms with Crippen molar-refractivity contribution in [1.82, 2.24) is 8.69 Å². The first-order chi connectivity index (χ1) is 7.58. The average molecular weight is 297 g/mol. The van der Waals surface area contributed by atoms with Crippen LogP contribution < -0.4 is 0 Å². The number of carbonyl (C=O) groups is 1. The van der Waals surface area contributed by atoms with Gasteiger partial charge in [0.05, 0.1) is 4.92 Å². The zero-order valence-electron chi connectivity index (χ0n) is 8.28. The maximum Gasteiger partial charge on any atom is 0.344 e. The Bertz CT molecular complexity index is 392. The molecule has 0 bridgehead atoms. The summed E-state index contributed by atoms with van der Waals surface area (Å²) in [6, 6.07) is 0. The minimum atomic E-state index is -0.521. The van der Waals surface area contributed by atoms with Gasteiger partial charge >= 0.3 is 10.2 Å². The first-order valence-corrected chi connectivity index (χ1v) is 7.78. The second-order valence-corrected chi connectivity index (χ2v) is 6.11. The summed E-state index contributed by atoms with van der Waals surface area (Å²) in [7, 11) is 0. The average Bonchev–Trinajstić information content (AvgIpc) is 2.68. The molecule has 88 valence electrons. The van der Waals surface area contributed by atoms with Gasteiger partial charge in [-0.15, -0.1) is 0 Å². The van der Waals surface area contributed by atoms with Crippen molar-refractivity contribution in [3.8, 4) is 0 Å². The van der Waals surface area contributed by atoms with Gasteiger partial charge in [0.15, 0.2) is 4.34 Å². The van der Waals surface area contributed by atoms with Crippen molar-refractivity contribution in [2.24, 2.45) is 0 Å². The van der Waals surface area contributed by atoms with E-state index in [1.807, 2.05) is 0 Å². The first kappa shape index (κ1) is 13.6. The number of aromatic nitrogens is 1. The predicted octanol–water partition coefficient (Wildman–Crippen LogP) is 3.12.